The molecule has 2 amide bonds. The summed E-state index contributed by atoms with van der Waals surface area (Å²) in [4.78, 5) is 30.8. The number of likely N-dealkylation sites (N-methyl/N-ethyl adjacent to an activating group) is 1. The van der Waals surface area contributed by atoms with Crippen molar-refractivity contribution in [1.82, 2.24) is 9.80 Å². The number of nitrogens with zero attached hydrogens (tertiary/aromatic N) is 3. The molecule has 0 saturated carbocycles. The van der Waals surface area contributed by atoms with Crippen LogP contribution in [0.5, 0.6) is 11.5 Å². The average molecular weight is 590 g/mol. The number of methoxy groups -OCH3 is 2. The van der Waals surface area contributed by atoms with E-state index in [0.717, 1.165) is 0 Å². The second kappa shape index (κ2) is 10.1. The molecule has 0 bridgehead atoms. The van der Waals surface area contributed by atoms with Gasteiger partial charge in [0.15, 0.2) is 5.54 Å². The zero-order valence-corrected chi connectivity index (χ0v) is 23.8. The van der Waals surface area contributed by atoms with Gasteiger partial charge in [-0.2, -0.15) is 0 Å². The number of sulfonamides is 1. The lowest BCUT2D eigenvalue weighted by Crippen LogP contribution is -2.59. The van der Waals surface area contributed by atoms with Crippen molar-refractivity contribution in [2.75, 3.05) is 39.2 Å². The first-order valence-corrected chi connectivity index (χ1v) is 14.1. The third kappa shape index (κ3) is 4.05. The first kappa shape index (κ1) is 28.0. The number of carbonyl (C=O) groups is 2. The van der Waals surface area contributed by atoms with Gasteiger partial charge in [-0.1, -0.05) is 11.6 Å². The Morgan fingerprint density at radius 3 is 2.52 bits per heavy atom. The maximum Gasteiger partial charge on any atom is 0.274 e. The Hall–Kier alpha value is -3.58. The van der Waals surface area contributed by atoms with Gasteiger partial charge in [0.2, 0.25) is 5.91 Å². The maximum atomic E-state index is 14.8. The van der Waals surface area contributed by atoms with Crippen molar-refractivity contribution in [2.24, 2.45) is 0 Å². The molecular formula is C27H28ClN3O8S. The Kier molecular flexibility index (Phi) is 7.07. The molecule has 3 heterocycles. The highest BCUT2D eigenvalue weighted by molar-refractivity contribution is 7.93. The molecule has 5 rings (SSSR count). The number of hydrogen-bond acceptors (Lipinski definition) is 9. The number of fused-ring (bicyclic) bond motifs is 1. The molecule has 2 aromatic carbocycles. The molecule has 1 unspecified atom stereocenters. The van der Waals surface area contributed by atoms with Crippen LogP contribution in [0.4, 0.5) is 5.69 Å². The largest absolute Gasteiger partial charge is 0.497 e. The first-order valence-electron chi connectivity index (χ1n) is 12.3. The maximum absolute atomic E-state index is 14.8. The van der Waals surface area contributed by atoms with E-state index < -0.39 is 33.6 Å². The van der Waals surface area contributed by atoms with Gasteiger partial charge in [0.25, 0.3) is 15.9 Å². The summed E-state index contributed by atoms with van der Waals surface area (Å²) < 4.78 is 45.3. The first-order chi connectivity index (χ1) is 19.0. The van der Waals surface area contributed by atoms with Crippen LogP contribution in [-0.2, 0) is 25.2 Å². The number of aliphatic hydroxyl groups is 1. The van der Waals surface area contributed by atoms with Crippen molar-refractivity contribution in [2.45, 2.75) is 29.0 Å². The minimum atomic E-state index is -4.60. The zero-order chi connectivity index (χ0) is 29.0. The van der Waals surface area contributed by atoms with Crippen LogP contribution < -0.4 is 13.8 Å². The van der Waals surface area contributed by atoms with Crippen LogP contribution in [0.25, 0.3) is 0 Å². The van der Waals surface area contributed by atoms with Crippen molar-refractivity contribution in [1.29, 1.82) is 0 Å². The van der Waals surface area contributed by atoms with Gasteiger partial charge in [0.05, 0.1) is 44.6 Å². The second-order valence-corrected chi connectivity index (χ2v) is 12.0. The molecule has 1 N–H and O–H groups in total. The number of carbonyl (C=O) groups excluding carboxylic acids is 2. The summed E-state index contributed by atoms with van der Waals surface area (Å²) in [6.07, 6.45) is 1.77. The smallest absolute Gasteiger partial charge is 0.274 e. The SMILES string of the molecule is COc1ccc(S(=O)(=O)N2C(=O)C(c3ccoc3)(N3C[C@H](O)C[C@H]3C(=O)N(C)C)c3cc(Cl)ccc32)c(OC)c1. The predicted octanol–water partition coefficient (Wildman–Crippen LogP) is 2.45. The molecule has 3 atom stereocenters. The Labute approximate surface area is 236 Å². The quantitative estimate of drug-likeness (QED) is 0.442. The zero-order valence-electron chi connectivity index (χ0n) is 22.2. The molecule has 3 aromatic rings. The lowest BCUT2D eigenvalue weighted by molar-refractivity contribution is -0.138. The number of β-amino-alcohol motifs (C(OH)–C–C–N with tert-alkyl or cyclic N) is 1. The summed E-state index contributed by atoms with van der Waals surface area (Å²) >= 11 is 6.42. The molecule has 2 aliphatic heterocycles. The number of likely N-dealkylation sites (tertiary alicyclic amines) is 1. The van der Waals surface area contributed by atoms with Crippen LogP contribution in [0.3, 0.4) is 0 Å². The molecule has 40 heavy (non-hydrogen) atoms. The van der Waals surface area contributed by atoms with Crippen LogP contribution >= 0.6 is 11.6 Å². The summed E-state index contributed by atoms with van der Waals surface area (Å²) in [5.74, 6) is -0.899. The van der Waals surface area contributed by atoms with Crippen molar-refractivity contribution < 1.29 is 37.0 Å². The number of rotatable bonds is 7. The average Bonchev–Trinajstić information content (AvgIpc) is 3.65. The summed E-state index contributed by atoms with van der Waals surface area (Å²) in [5.41, 5.74) is -1.31. The Bertz CT molecular complexity index is 1580. The van der Waals surface area contributed by atoms with Crippen LogP contribution in [0.1, 0.15) is 17.5 Å². The molecule has 212 valence electrons. The van der Waals surface area contributed by atoms with Crippen LogP contribution in [0.2, 0.25) is 5.02 Å². The number of anilines is 1. The van der Waals surface area contributed by atoms with Gasteiger partial charge in [-0.3, -0.25) is 14.5 Å². The van der Waals surface area contributed by atoms with Crippen LogP contribution in [-0.4, -0.2) is 82.1 Å². The van der Waals surface area contributed by atoms with E-state index in [1.165, 1.54) is 74.1 Å². The van der Waals surface area contributed by atoms with Gasteiger partial charge in [0.1, 0.15) is 16.4 Å². The number of ether oxygens (including phenoxy) is 2. The van der Waals surface area contributed by atoms with E-state index >= 15 is 0 Å². The Balaban J connectivity index is 1.80. The number of benzene rings is 2. The standard InChI is InChI=1S/C27H28ClN3O8S/c1-29(2)25(33)22-12-18(32)14-30(22)27(16-9-10-39-15-16)20-11-17(28)5-7-21(20)31(26(27)34)40(35,36)24-8-6-19(37-3)13-23(24)38-4/h5-11,13,15,18,22,32H,12,14H2,1-4H3/t18-,22+,27?/m1/s1. The highest BCUT2D eigenvalue weighted by atomic mass is 35.5. The van der Waals surface area contributed by atoms with E-state index in [1.54, 1.807) is 19.0 Å². The van der Waals surface area contributed by atoms with Crippen molar-refractivity contribution >= 4 is 39.1 Å². The van der Waals surface area contributed by atoms with Gasteiger partial charge in [-0.25, -0.2) is 12.7 Å². The number of halogens is 1. The van der Waals surface area contributed by atoms with Gasteiger partial charge >= 0.3 is 0 Å². The number of aliphatic hydroxyl groups excluding tert-OH is 1. The summed E-state index contributed by atoms with van der Waals surface area (Å²) in [6.45, 7) is -0.0904. The van der Waals surface area contributed by atoms with Gasteiger partial charge < -0.3 is 23.9 Å². The lowest BCUT2D eigenvalue weighted by Gasteiger charge is -2.40. The van der Waals surface area contributed by atoms with Crippen molar-refractivity contribution in [3.05, 3.63) is 71.1 Å². The molecule has 0 spiro atoms. The van der Waals surface area contributed by atoms with Gasteiger partial charge in [0, 0.05) is 42.9 Å². The van der Waals surface area contributed by atoms with Crippen LogP contribution in [0.15, 0.2) is 64.3 Å². The highest BCUT2D eigenvalue weighted by Gasteiger charge is 2.63. The van der Waals surface area contributed by atoms with Gasteiger partial charge in [-0.15, -0.1) is 0 Å². The molecule has 1 fully saturated rings. The lowest BCUT2D eigenvalue weighted by atomic mass is 9.83. The molecule has 13 heteroatoms. The molecule has 11 nitrogen and oxygen atoms in total. The summed E-state index contributed by atoms with van der Waals surface area (Å²) in [5, 5.41) is 11.0. The number of hydrogen-bond donors (Lipinski definition) is 1. The van der Waals surface area contributed by atoms with E-state index in [1.807, 2.05) is 0 Å². The van der Waals surface area contributed by atoms with Gasteiger partial charge in [-0.05, 0) is 42.8 Å². The molecular weight excluding hydrogens is 562 g/mol. The van der Waals surface area contributed by atoms with Crippen molar-refractivity contribution in [3.8, 4) is 11.5 Å². The molecule has 1 aromatic heterocycles. The van der Waals surface area contributed by atoms with Crippen molar-refractivity contribution in [3.63, 3.8) is 0 Å². The normalized spacial score (nSPS) is 22.9. The Morgan fingerprint density at radius 1 is 1.15 bits per heavy atom. The fraction of sp³-hybridized carbons (Fsp3) is 0.333. The molecule has 0 aliphatic carbocycles. The third-order valence-electron chi connectivity index (χ3n) is 7.32. The number of furan rings is 1. The molecule has 1 saturated heterocycles. The van der Waals surface area contributed by atoms with E-state index in [-0.39, 0.29) is 51.4 Å². The minimum Gasteiger partial charge on any atom is -0.497 e. The van der Waals surface area contributed by atoms with E-state index in [9.17, 15) is 23.1 Å². The topological polar surface area (TPSA) is 130 Å². The summed E-state index contributed by atoms with van der Waals surface area (Å²) in [7, 11) is 1.29. The number of amides is 2. The third-order valence-corrected chi connectivity index (χ3v) is 9.30. The molecule has 0 radical (unpaired) electrons. The fourth-order valence-electron chi connectivity index (χ4n) is 5.58. The minimum absolute atomic E-state index is 0.0271. The van der Waals surface area contributed by atoms with Crippen LogP contribution in [0, 0.1) is 0 Å². The van der Waals surface area contributed by atoms with E-state index in [2.05, 4.69) is 0 Å². The van der Waals surface area contributed by atoms with E-state index in [4.69, 9.17) is 25.5 Å². The summed E-state index contributed by atoms with van der Waals surface area (Å²) in [6, 6.07) is 9.17. The fourth-order valence-corrected chi connectivity index (χ4v) is 7.35. The highest BCUT2D eigenvalue weighted by Crippen LogP contribution is 2.53. The monoisotopic (exact) mass is 589 g/mol. The molecule has 2 aliphatic rings. The second-order valence-electron chi connectivity index (χ2n) is 9.77. The Morgan fingerprint density at radius 2 is 1.90 bits per heavy atom. The predicted molar refractivity (Wildman–Crippen MR) is 145 cm³/mol. The van der Waals surface area contributed by atoms with E-state index in [0.29, 0.717) is 10.1 Å².